The molecule has 32 heavy (non-hydrogen) atoms. The van der Waals surface area contributed by atoms with Gasteiger partial charge in [-0.2, -0.15) is 0 Å². The quantitative estimate of drug-likeness (QED) is 0.640. The van der Waals surface area contributed by atoms with Crippen molar-refractivity contribution in [1.29, 1.82) is 0 Å². The summed E-state index contributed by atoms with van der Waals surface area (Å²) in [5, 5.41) is 6.95. The minimum Gasteiger partial charge on any atom is -0.387 e. The molecule has 8 nitrogen and oxygen atoms in total. The van der Waals surface area contributed by atoms with E-state index in [1.54, 1.807) is 45.0 Å². The van der Waals surface area contributed by atoms with Crippen molar-refractivity contribution in [2.45, 2.75) is 39.8 Å². The van der Waals surface area contributed by atoms with Gasteiger partial charge in [-0.3, -0.25) is 9.59 Å². The smallest absolute Gasteiger partial charge is 0.270 e. The fraction of sp³-hybridized carbons (Fsp3) is 0.261. The summed E-state index contributed by atoms with van der Waals surface area (Å²) in [5.41, 5.74) is 3.98. The van der Waals surface area contributed by atoms with E-state index < -0.39 is 0 Å². The molecule has 2 aromatic heterocycles. The lowest BCUT2D eigenvalue weighted by Crippen LogP contribution is -2.25. The molecular formula is C23H22FN5O3. The van der Waals surface area contributed by atoms with Gasteiger partial charge in [0.15, 0.2) is 6.10 Å². The molecule has 3 aromatic rings. The van der Waals surface area contributed by atoms with Crippen LogP contribution in [0.15, 0.2) is 46.3 Å². The molecule has 1 unspecified atom stereocenters. The average Bonchev–Trinajstić information content (AvgIpc) is 3.24. The number of carbonyl (C=O) groups is 1. The summed E-state index contributed by atoms with van der Waals surface area (Å²) in [7, 11) is 0. The SMILES string of the molecule is Cc1nc(C(=O)NCc2ccc(F)c(C)c2)cc(C2=NOC(c3ccc(=O)[nH]c3C)C2)n1. The third-order valence-electron chi connectivity index (χ3n) is 5.22. The summed E-state index contributed by atoms with van der Waals surface area (Å²) in [4.78, 5) is 41.1. The number of carbonyl (C=O) groups excluding carboxylic acids is 1. The molecule has 1 atom stereocenters. The molecule has 4 rings (SSSR count). The Morgan fingerprint density at radius 3 is 2.75 bits per heavy atom. The molecule has 1 amide bonds. The Kier molecular flexibility index (Phi) is 5.81. The van der Waals surface area contributed by atoms with E-state index in [-0.39, 0.29) is 35.6 Å². The van der Waals surface area contributed by atoms with Gasteiger partial charge in [-0.15, -0.1) is 0 Å². The summed E-state index contributed by atoms with van der Waals surface area (Å²) >= 11 is 0. The highest BCUT2D eigenvalue weighted by molar-refractivity contribution is 6.02. The van der Waals surface area contributed by atoms with Crippen LogP contribution in [0.1, 0.15) is 56.9 Å². The minimum absolute atomic E-state index is 0.178. The summed E-state index contributed by atoms with van der Waals surface area (Å²) < 4.78 is 13.4. The number of benzene rings is 1. The Morgan fingerprint density at radius 1 is 1.19 bits per heavy atom. The molecular weight excluding hydrogens is 413 g/mol. The van der Waals surface area contributed by atoms with Crippen LogP contribution >= 0.6 is 0 Å². The maximum absolute atomic E-state index is 13.4. The number of nitrogens with zero attached hydrogens (tertiary/aromatic N) is 3. The van der Waals surface area contributed by atoms with Crippen LogP contribution in [0.4, 0.5) is 4.39 Å². The number of aromatic nitrogens is 3. The van der Waals surface area contributed by atoms with Gasteiger partial charge in [0.1, 0.15) is 23.0 Å². The van der Waals surface area contributed by atoms with E-state index in [0.29, 0.717) is 34.9 Å². The first-order valence-electron chi connectivity index (χ1n) is 10.1. The molecule has 9 heteroatoms. The monoisotopic (exact) mass is 435 g/mol. The van der Waals surface area contributed by atoms with E-state index in [0.717, 1.165) is 11.1 Å². The second-order valence-corrected chi connectivity index (χ2v) is 7.69. The van der Waals surface area contributed by atoms with Crippen molar-refractivity contribution in [1.82, 2.24) is 20.3 Å². The second-order valence-electron chi connectivity index (χ2n) is 7.69. The van der Waals surface area contributed by atoms with Gasteiger partial charge in [-0.1, -0.05) is 17.3 Å². The van der Waals surface area contributed by atoms with Gasteiger partial charge in [0.05, 0.1) is 5.69 Å². The summed E-state index contributed by atoms with van der Waals surface area (Å²) in [6, 6.07) is 9.44. The number of aromatic amines is 1. The van der Waals surface area contributed by atoms with E-state index in [1.165, 1.54) is 12.1 Å². The Hall–Kier alpha value is -3.88. The highest BCUT2D eigenvalue weighted by Crippen LogP contribution is 2.30. The zero-order valence-corrected chi connectivity index (χ0v) is 17.9. The van der Waals surface area contributed by atoms with E-state index in [4.69, 9.17) is 4.84 Å². The van der Waals surface area contributed by atoms with E-state index >= 15 is 0 Å². The van der Waals surface area contributed by atoms with Crippen LogP contribution in [0.3, 0.4) is 0 Å². The molecule has 164 valence electrons. The van der Waals surface area contributed by atoms with Crippen LogP contribution in [0, 0.1) is 26.6 Å². The molecule has 0 saturated carbocycles. The number of amides is 1. The van der Waals surface area contributed by atoms with Gasteiger partial charge in [0.2, 0.25) is 5.56 Å². The largest absolute Gasteiger partial charge is 0.387 e. The van der Waals surface area contributed by atoms with Crippen molar-refractivity contribution < 1.29 is 14.0 Å². The van der Waals surface area contributed by atoms with Crippen LogP contribution in [-0.2, 0) is 11.4 Å². The molecule has 0 saturated heterocycles. The van der Waals surface area contributed by atoms with Crippen molar-refractivity contribution in [2.75, 3.05) is 0 Å². The van der Waals surface area contributed by atoms with Gasteiger partial charge in [0, 0.05) is 30.3 Å². The standard InChI is InChI=1S/C23H22FN5O3/c1-12-8-15(4-6-17(12)24)11-25-23(31)20-9-18(27-14(3)28-20)19-10-21(32-29-19)16-5-7-22(30)26-13(16)2/h4-9,21H,10-11H2,1-3H3,(H,25,31)(H,26,30). The number of pyridine rings is 1. The summed E-state index contributed by atoms with van der Waals surface area (Å²) in [5.74, 6) is -0.228. The van der Waals surface area contributed by atoms with Crippen molar-refractivity contribution in [2.24, 2.45) is 5.16 Å². The molecule has 0 spiro atoms. The maximum Gasteiger partial charge on any atom is 0.270 e. The molecule has 0 fully saturated rings. The summed E-state index contributed by atoms with van der Waals surface area (Å²) in [6.07, 6.45) is 0.0929. The van der Waals surface area contributed by atoms with Gasteiger partial charge in [-0.25, -0.2) is 14.4 Å². The Balaban J connectivity index is 1.48. The third-order valence-corrected chi connectivity index (χ3v) is 5.22. The Morgan fingerprint density at radius 2 is 2.00 bits per heavy atom. The van der Waals surface area contributed by atoms with Gasteiger partial charge in [0.25, 0.3) is 5.91 Å². The van der Waals surface area contributed by atoms with E-state index in [2.05, 4.69) is 25.4 Å². The van der Waals surface area contributed by atoms with E-state index in [1.807, 2.05) is 0 Å². The molecule has 0 radical (unpaired) electrons. The molecule has 1 aromatic carbocycles. The van der Waals surface area contributed by atoms with Gasteiger partial charge in [-0.05, 0) is 50.1 Å². The number of H-pyrrole nitrogens is 1. The summed E-state index contributed by atoms with van der Waals surface area (Å²) in [6.45, 7) is 5.42. The maximum atomic E-state index is 13.4. The number of hydrogen-bond donors (Lipinski definition) is 2. The third kappa shape index (κ3) is 4.56. The fourth-order valence-corrected chi connectivity index (χ4v) is 3.55. The number of aryl methyl sites for hydroxylation is 3. The zero-order valence-electron chi connectivity index (χ0n) is 17.9. The normalized spacial score (nSPS) is 15.2. The lowest BCUT2D eigenvalue weighted by atomic mass is 10.0. The lowest BCUT2D eigenvalue weighted by molar-refractivity contribution is 0.0849. The number of oxime groups is 1. The molecule has 2 N–H and O–H groups in total. The topological polar surface area (TPSA) is 109 Å². The average molecular weight is 435 g/mol. The van der Waals surface area contributed by atoms with Crippen LogP contribution < -0.4 is 10.9 Å². The first-order valence-corrected chi connectivity index (χ1v) is 10.1. The van der Waals surface area contributed by atoms with Gasteiger partial charge < -0.3 is 15.1 Å². The lowest BCUT2D eigenvalue weighted by Gasteiger charge is -2.11. The zero-order chi connectivity index (χ0) is 22.8. The number of nitrogens with one attached hydrogen (secondary N) is 2. The van der Waals surface area contributed by atoms with Crippen LogP contribution in [0.2, 0.25) is 0 Å². The van der Waals surface area contributed by atoms with Crippen LogP contribution in [-0.4, -0.2) is 26.6 Å². The first kappa shape index (κ1) is 21.4. The molecule has 1 aliphatic heterocycles. The first-order chi connectivity index (χ1) is 15.3. The molecule has 3 heterocycles. The highest BCUT2D eigenvalue weighted by atomic mass is 19.1. The molecule has 0 aliphatic carbocycles. The Labute approximate surface area is 183 Å². The Bertz CT molecular complexity index is 1280. The minimum atomic E-state index is -0.369. The number of halogens is 1. The van der Waals surface area contributed by atoms with Crippen molar-refractivity contribution in [3.8, 4) is 0 Å². The van der Waals surface area contributed by atoms with Crippen LogP contribution in [0.5, 0.6) is 0 Å². The van der Waals surface area contributed by atoms with Gasteiger partial charge >= 0.3 is 0 Å². The predicted octanol–water partition coefficient (Wildman–Crippen LogP) is 3.02. The van der Waals surface area contributed by atoms with Crippen molar-refractivity contribution >= 4 is 11.6 Å². The van der Waals surface area contributed by atoms with Crippen LogP contribution in [0.25, 0.3) is 0 Å². The predicted molar refractivity (Wildman–Crippen MR) is 116 cm³/mol. The second kappa shape index (κ2) is 8.70. The van der Waals surface area contributed by atoms with E-state index in [9.17, 15) is 14.0 Å². The fourth-order valence-electron chi connectivity index (χ4n) is 3.55. The number of rotatable bonds is 5. The number of hydrogen-bond acceptors (Lipinski definition) is 6. The molecule has 0 bridgehead atoms. The molecule has 1 aliphatic rings. The van der Waals surface area contributed by atoms with Crippen molar-refractivity contribution in [3.63, 3.8) is 0 Å². The highest BCUT2D eigenvalue weighted by Gasteiger charge is 2.27. The van der Waals surface area contributed by atoms with Crippen molar-refractivity contribution in [3.05, 3.63) is 92.2 Å².